The Balaban J connectivity index is 0. The van der Waals surface area contributed by atoms with Gasteiger partial charge in [-0.3, -0.25) is 4.79 Å². The quantitative estimate of drug-likeness (QED) is 0.680. The van der Waals surface area contributed by atoms with Crippen molar-refractivity contribution >= 4 is 5.91 Å². The minimum absolute atomic E-state index is 0. The van der Waals surface area contributed by atoms with Crippen molar-refractivity contribution in [1.29, 1.82) is 0 Å². The van der Waals surface area contributed by atoms with Gasteiger partial charge in [-0.1, -0.05) is 20.8 Å². The van der Waals surface area contributed by atoms with Crippen LogP contribution in [0.25, 0.3) is 0 Å². The van der Waals surface area contributed by atoms with Crippen LogP contribution < -0.4 is 0 Å². The summed E-state index contributed by atoms with van der Waals surface area (Å²) in [6.07, 6.45) is 1.44. The van der Waals surface area contributed by atoms with E-state index in [9.17, 15) is 4.79 Å². The first-order chi connectivity index (χ1) is 6.37. The number of carbonyl (C=O) groups is 1. The fraction of sp³-hybridized carbons (Fsp3) is 0.818. The molecule has 4 heteroatoms. The molecule has 0 aromatic heterocycles. The molecule has 0 saturated carbocycles. The zero-order chi connectivity index (χ0) is 11.2. The van der Waals surface area contributed by atoms with Crippen molar-refractivity contribution in [3.63, 3.8) is 0 Å². The van der Waals surface area contributed by atoms with Gasteiger partial charge in [0.1, 0.15) is 0 Å². The molecule has 1 amide bonds. The standard InChI is InChI=1S/C11H22NO2.W/c1-11(2,3)7-8-12(4)10(13)6-9-14-5;/h5-9H2,1-4H3;/q-1;. The van der Waals surface area contributed by atoms with Crippen LogP contribution in [0.2, 0.25) is 0 Å². The molecule has 0 radical (unpaired) electrons. The molecule has 0 aliphatic heterocycles. The molecule has 0 atom stereocenters. The maximum Gasteiger partial charge on any atom is 0.224 e. The molecule has 0 aromatic carbocycles. The van der Waals surface area contributed by atoms with E-state index in [0.717, 1.165) is 13.0 Å². The summed E-state index contributed by atoms with van der Waals surface area (Å²) < 4.78 is 4.61. The monoisotopic (exact) mass is 384 g/mol. The van der Waals surface area contributed by atoms with E-state index in [2.05, 4.69) is 32.6 Å². The van der Waals surface area contributed by atoms with Gasteiger partial charge >= 0.3 is 0 Å². The molecule has 0 unspecified atom stereocenters. The third-order valence-electron chi connectivity index (χ3n) is 2.08. The van der Waals surface area contributed by atoms with E-state index in [1.165, 1.54) is 0 Å². The van der Waals surface area contributed by atoms with Crippen molar-refractivity contribution < 1.29 is 30.6 Å². The molecular formula is C11H22NO2W-. The van der Waals surface area contributed by atoms with Gasteiger partial charge in [0.2, 0.25) is 5.91 Å². The van der Waals surface area contributed by atoms with E-state index in [1.54, 1.807) is 4.90 Å². The predicted octanol–water partition coefficient (Wildman–Crippen LogP) is 2.08. The van der Waals surface area contributed by atoms with E-state index in [4.69, 9.17) is 0 Å². The number of hydrogen-bond acceptors (Lipinski definition) is 2. The molecule has 0 aliphatic carbocycles. The summed E-state index contributed by atoms with van der Waals surface area (Å²) in [4.78, 5) is 13.2. The van der Waals surface area contributed by atoms with Crippen molar-refractivity contribution in [2.24, 2.45) is 5.41 Å². The summed E-state index contributed by atoms with van der Waals surface area (Å²) in [6, 6.07) is 0. The summed E-state index contributed by atoms with van der Waals surface area (Å²) in [5, 5.41) is 0. The summed E-state index contributed by atoms with van der Waals surface area (Å²) >= 11 is 0. The van der Waals surface area contributed by atoms with Crippen LogP contribution in [0.3, 0.4) is 0 Å². The van der Waals surface area contributed by atoms with Gasteiger partial charge in [-0.2, -0.15) is 0 Å². The van der Waals surface area contributed by atoms with E-state index in [-0.39, 0.29) is 32.4 Å². The van der Waals surface area contributed by atoms with Crippen LogP contribution in [0.5, 0.6) is 0 Å². The molecule has 0 heterocycles. The summed E-state index contributed by atoms with van der Waals surface area (Å²) in [6.45, 7) is 7.72. The van der Waals surface area contributed by atoms with Crippen LogP contribution in [-0.2, 0) is 30.6 Å². The molecule has 0 spiro atoms. The van der Waals surface area contributed by atoms with Gasteiger partial charge in [-0.15, -0.1) is 0 Å². The Morgan fingerprint density at radius 3 is 2.33 bits per heavy atom. The van der Waals surface area contributed by atoms with E-state index < -0.39 is 0 Å². The molecular weight excluding hydrogens is 362 g/mol. The van der Waals surface area contributed by atoms with Gasteiger partial charge in [0, 0.05) is 47.7 Å². The Morgan fingerprint density at radius 2 is 1.93 bits per heavy atom. The molecule has 3 nitrogen and oxygen atoms in total. The Morgan fingerprint density at radius 1 is 1.40 bits per heavy atom. The van der Waals surface area contributed by atoms with Gasteiger partial charge in [0.05, 0.1) is 0 Å². The maximum atomic E-state index is 11.4. The fourth-order valence-corrected chi connectivity index (χ4v) is 0.978. The number of rotatable bonds is 5. The molecule has 0 N–H and O–H groups in total. The van der Waals surface area contributed by atoms with E-state index in [1.807, 2.05) is 7.05 Å². The van der Waals surface area contributed by atoms with Crippen LogP contribution in [0, 0.1) is 12.5 Å². The largest absolute Gasteiger partial charge is 0.555 e. The second kappa shape index (κ2) is 8.29. The number of carbonyl (C=O) groups excluding carboxylic acids is 1. The summed E-state index contributed by atoms with van der Waals surface area (Å²) in [5.74, 6) is 0.123. The molecule has 90 valence electrons. The van der Waals surface area contributed by atoms with Crippen molar-refractivity contribution in [2.75, 3.05) is 20.2 Å². The van der Waals surface area contributed by atoms with Gasteiger partial charge in [0.15, 0.2) is 0 Å². The van der Waals surface area contributed by atoms with Gasteiger partial charge in [-0.25, -0.2) is 7.11 Å². The maximum absolute atomic E-state index is 11.4. The third kappa shape index (κ3) is 10.4. The van der Waals surface area contributed by atoms with Crippen molar-refractivity contribution in [3.05, 3.63) is 7.11 Å². The van der Waals surface area contributed by atoms with Gasteiger partial charge < -0.3 is 9.64 Å². The summed E-state index contributed by atoms with van der Waals surface area (Å²) in [5.41, 5.74) is 0.275. The molecule has 0 bridgehead atoms. The normalized spacial score (nSPS) is 10.7. The van der Waals surface area contributed by atoms with Crippen molar-refractivity contribution in [1.82, 2.24) is 4.90 Å². The topological polar surface area (TPSA) is 29.5 Å². The molecule has 0 rings (SSSR count). The first-order valence-electron chi connectivity index (χ1n) is 4.98. The molecule has 0 aliphatic rings. The van der Waals surface area contributed by atoms with Crippen LogP contribution in [0.1, 0.15) is 33.6 Å². The predicted molar refractivity (Wildman–Crippen MR) is 57.6 cm³/mol. The molecule has 15 heavy (non-hydrogen) atoms. The Hall–Kier alpha value is 0.118. The van der Waals surface area contributed by atoms with Crippen molar-refractivity contribution in [2.45, 2.75) is 33.6 Å². The minimum Gasteiger partial charge on any atom is -0.555 e. The number of ether oxygens (including phenoxy) is 1. The SMILES string of the molecule is [CH2-]OCCC(=O)N(C)CCC(C)(C)C.[W]. The Kier molecular flexibility index (Phi) is 9.68. The molecule has 0 aromatic rings. The number of hydrogen-bond donors (Lipinski definition) is 0. The third-order valence-corrected chi connectivity index (χ3v) is 2.08. The van der Waals surface area contributed by atoms with Crippen LogP contribution >= 0.6 is 0 Å². The second-order valence-corrected chi connectivity index (χ2v) is 4.78. The smallest absolute Gasteiger partial charge is 0.224 e. The van der Waals surface area contributed by atoms with Crippen LogP contribution in [0.4, 0.5) is 0 Å². The first kappa shape index (κ1) is 17.5. The number of amides is 1. The second-order valence-electron chi connectivity index (χ2n) is 4.78. The fourth-order valence-electron chi connectivity index (χ4n) is 0.978. The minimum atomic E-state index is 0. The number of nitrogens with zero attached hydrogens (tertiary/aromatic N) is 1. The summed E-state index contributed by atoms with van der Waals surface area (Å²) in [7, 11) is 5.06. The van der Waals surface area contributed by atoms with E-state index in [0.29, 0.717) is 13.0 Å². The van der Waals surface area contributed by atoms with E-state index >= 15 is 0 Å². The Labute approximate surface area is 108 Å². The van der Waals surface area contributed by atoms with Crippen molar-refractivity contribution in [3.8, 4) is 0 Å². The average molecular weight is 384 g/mol. The molecule has 0 saturated heterocycles. The average Bonchev–Trinajstić information content (AvgIpc) is 2.09. The molecule has 0 fully saturated rings. The van der Waals surface area contributed by atoms with Crippen LogP contribution in [-0.4, -0.2) is 31.0 Å². The zero-order valence-corrected chi connectivity index (χ0v) is 13.1. The van der Waals surface area contributed by atoms with Gasteiger partial charge in [0.25, 0.3) is 0 Å². The van der Waals surface area contributed by atoms with Crippen LogP contribution in [0.15, 0.2) is 0 Å². The zero-order valence-electron chi connectivity index (χ0n) is 10.2. The first-order valence-corrected chi connectivity index (χ1v) is 4.98. The Bertz CT molecular complexity index is 178. The van der Waals surface area contributed by atoms with Gasteiger partial charge in [-0.05, 0) is 11.8 Å².